The Kier molecular flexibility index (Phi) is 6.55. The number of aromatic nitrogens is 3. The number of hydrogen-bond donors (Lipinski definition) is 2. The number of hydrogen-bond acceptors (Lipinski definition) is 4. The first-order valence-corrected chi connectivity index (χ1v) is 13.7. The van der Waals surface area contributed by atoms with Crippen LogP contribution >= 0.6 is 11.6 Å². The zero-order valence-electron chi connectivity index (χ0n) is 19.7. The molecule has 11 heteroatoms. The molecule has 0 amide bonds. The van der Waals surface area contributed by atoms with Gasteiger partial charge in [-0.15, -0.1) is 11.6 Å². The van der Waals surface area contributed by atoms with E-state index in [0.29, 0.717) is 45.5 Å². The van der Waals surface area contributed by atoms with Crippen molar-refractivity contribution in [3.63, 3.8) is 0 Å². The maximum Gasteiger partial charge on any atom is 0.236 e. The van der Waals surface area contributed by atoms with Gasteiger partial charge in [-0.3, -0.25) is 4.72 Å². The molecule has 192 valence electrons. The maximum absolute atomic E-state index is 14.4. The number of benzene rings is 2. The van der Waals surface area contributed by atoms with Gasteiger partial charge >= 0.3 is 0 Å². The van der Waals surface area contributed by atoms with Crippen molar-refractivity contribution in [2.75, 3.05) is 16.4 Å². The van der Waals surface area contributed by atoms with Gasteiger partial charge in [0.05, 0.1) is 23.5 Å². The molecule has 0 spiro atoms. The van der Waals surface area contributed by atoms with Crippen LogP contribution in [0.5, 0.6) is 5.88 Å². The van der Waals surface area contributed by atoms with Gasteiger partial charge in [0.1, 0.15) is 17.2 Å². The molecule has 5 rings (SSSR count). The fraction of sp³-hybridized carbons (Fsp3) is 0.192. The van der Waals surface area contributed by atoms with Crippen molar-refractivity contribution in [2.45, 2.75) is 20.0 Å². The first kappa shape index (κ1) is 25.0. The van der Waals surface area contributed by atoms with Crippen LogP contribution < -0.4 is 4.72 Å². The quantitative estimate of drug-likeness (QED) is 0.246. The van der Waals surface area contributed by atoms with Crippen LogP contribution in [0.15, 0.2) is 61.1 Å². The number of nitrogens with one attached hydrogen (secondary N) is 1. The monoisotopic (exact) mass is 544 g/mol. The largest absolute Gasteiger partial charge is 0.492 e. The van der Waals surface area contributed by atoms with Gasteiger partial charge in [-0.05, 0) is 42.8 Å². The van der Waals surface area contributed by atoms with Crippen molar-refractivity contribution in [1.82, 2.24) is 14.1 Å². The molecule has 0 fully saturated rings. The second-order valence-electron chi connectivity index (χ2n) is 8.60. The topological polar surface area (TPSA) is 89.2 Å². The van der Waals surface area contributed by atoms with Crippen LogP contribution in [0.1, 0.15) is 12.5 Å². The summed E-state index contributed by atoms with van der Waals surface area (Å²) in [6.07, 6.45) is 5.06. The Morgan fingerprint density at radius 1 is 1.08 bits per heavy atom. The molecule has 0 aliphatic carbocycles. The number of pyridine rings is 1. The number of rotatable bonds is 8. The predicted molar refractivity (Wildman–Crippen MR) is 142 cm³/mol. The van der Waals surface area contributed by atoms with Crippen molar-refractivity contribution in [2.24, 2.45) is 0 Å². The summed E-state index contributed by atoms with van der Waals surface area (Å²) >= 11 is 5.98. The highest BCUT2D eigenvalue weighted by molar-refractivity contribution is 7.92. The average Bonchev–Trinajstić information content (AvgIpc) is 3.43. The Bertz CT molecular complexity index is 1750. The average molecular weight is 545 g/mol. The summed E-state index contributed by atoms with van der Waals surface area (Å²) in [7, 11) is -3.61. The van der Waals surface area contributed by atoms with E-state index in [1.807, 2.05) is 12.3 Å². The Hall–Kier alpha value is -3.63. The molecule has 0 atom stereocenters. The molecule has 0 bridgehead atoms. The van der Waals surface area contributed by atoms with Gasteiger partial charge in [0.15, 0.2) is 0 Å². The van der Waals surface area contributed by atoms with Crippen LogP contribution in [0.25, 0.3) is 32.9 Å². The molecule has 3 heterocycles. The summed E-state index contributed by atoms with van der Waals surface area (Å²) in [5.41, 5.74) is 3.21. The number of anilines is 1. The first-order chi connectivity index (χ1) is 17.7. The molecule has 0 saturated carbocycles. The molecule has 5 aromatic rings. The Morgan fingerprint density at radius 2 is 1.89 bits per heavy atom. The molecule has 0 unspecified atom stereocenters. The van der Waals surface area contributed by atoms with Crippen LogP contribution in [0.3, 0.4) is 0 Å². The molecule has 37 heavy (non-hydrogen) atoms. The minimum absolute atomic E-state index is 0.109. The molecular weight excluding hydrogens is 522 g/mol. The van der Waals surface area contributed by atoms with Crippen LogP contribution in [0.2, 0.25) is 0 Å². The fourth-order valence-corrected chi connectivity index (χ4v) is 5.31. The smallest absolute Gasteiger partial charge is 0.236 e. The first-order valence-electron chi connectivity index (χ1n) is 11.5. The van der Waals surface area contributed by atoms with Gasteiger partial charge in [0, 0.05) is 59.0 Å². The number of halogens is 3. The van der Waals surface area contributed by atoms with E-state index < -0.39 is 21.7 Å². The molecule has 7 nitrogen and oxygen atoms in total. The Morgan fingerprint density at radius 3 is 2.62 bits per heavy atom. The van der Waals surface area contributed by atoms with Crippen LogP contribution in [-0.4, -0.2) is 39.3 Å². The normalized spacial score (nSPS) is 12.0. The predicted octanol–water partition coefficient (Wildman–Crippen LogP) is 5.69. The Balaban J connectivity index is 1.73. The summed E-state index contributed by atoms with van der Waals surface area (Å²) in [6, 6.07) is 10.5. The second kappa shape index (κ2) is 9.68. The van der Waals surface area contributed by atoms with E-state index in [1.54, 1.807) is 40.5 Å². The van der Waals surface area contributed by atoms with Gasteiger partial charge in [0.2, 0.25) is 15.9 Å². The summed E-state index contributed by atoms with van der Waals surface area (Å²) in [5, 5.41) is 11.8. The van der Waals surface area contributed by atoms with E-state index in [0.717, 1.165) is 11.6 Å². The summed E-state index contributed by atoms with van der Waals surface area (Å²) in [6.45, 7) is 2.08. The summed E-state index contributed by atoms with van der Waals surface area (Å²) in [4.78, 5) is 3.99. The van der Waals surface area contributed by atoms with Crippen molar-refractivity contribution < 1.29 is 22.3 Å². The lowest BCUT2D eigenvalue weighted by molar-refractivity contribution is 0.457. The van der Waals surface area contributed by atoms with Crippen molar-refractivity contribution >= 4 is 49.1 Å². The molecular formula is C26H23ClF2N4O3S. The van der Waals surface area contributed by atoms with E-state index in [4.69, 9.17) is 11.6 Å². The highest BCUT2D eigenvalue weighted by Crippen LogP contribution is 2.38. The van der Waals surface area contributed by atoms with E-state index in [2.05, 4.69) is 9.71 Å². The van der Waals surface area contributed by atoms with Gasteiger partial charge in [-0.1, -0.05) is 6.07 Å². The van der Waals surface area contributed by atoms with Crippen LogP contribution in [-0.2, 0) is 23.1 Å². The minimum Gasteiger partial charge on any atom is -0.492 e. The van der Waals surface area contributed by atoms with E-state index in [1.165, 1.54) is 18.3 Å². The van der Waals surface area contributed by atoms with Gasteiger partial charge in [-0.25, -0.2) is 22.2 Å². The molecule has 0 saturated heterocycles. The zero-order chi connectivity index (χ0) is 26.3. The molecule has 3 aromatic heterocycles. The summed E-state index contributed by atoms with van der Waals surface area (Å²) in [5.74, 6) is -1.28. The van der Waals surface area contributed by atoms with Crippen LogP contribution in [0, 0.1) is 11.6 Å². The highest BCUT2D eigenvalue weighted by atomic mass is 35.5. The second-order valence-corrected chi connectivity index (χ2v) is 11.0. The minimum atomic E-state index is -3.61. The molecule has 0 aliphatic rings. The van der Waals surface area contributed by atoms with Crippen molar-refractivity contribution in [3.05, 3.63) is 78.3 Å². The zero-order valence-corrected chi connectivity index (χ0v) is 21.3. The number of nitrogens with zero attached hydrogens (tertiary/aromatic N) is 3. The lowest BCUT2D eigenvalue weighted by Gasteiger charge is -2.13. The molecule has 2 N–H and O–H groups in total. The Labute approximate surface area is 217 Å². The van der Waals surface area contributed by atoms with Gasteiger partial charge in [0.25, 0.3) is 0 Å². The standard InChI is InChI=1S/C26H23ClF2N4O3S/c1-2-37(35,36)31-23-11-17(21-15-33(10-7-27)25-19(21)5-8-30-26(25)34)12-24-20(23)6-9-32(24)14-16-3-4-18(28)13-22(16)29/h3-6,8-9,11-13,15,31H,2,7,10,14H2,1H3,(H,30,34). The summed E-state index contributed by atoms with van der Waals surface area (Å²) < 4.78 is 59.1. The lowest BCUT2D eigenvalue weighted by Crippen LogP contribution is -2.14. The van der Waals surface area contributed by atoms with Crippen molar-refractivity contribution in [1.29, 1.82) is 0 Å². The third kappa shape index (κ3) is 4.74. The van der Waals surface area contributed by atoms with E-state index >= 15 is 0 Å². The SMILES string of the molecule is CCS(=O)(=O)Nc1cc(-c2cn(CCCl)c3c(O)nccc23)cc2c1ccn2Cc1ccc(F)cc1F. The van der Waals surface area contributed by atoms with E-state index in [-0.39, 0.29) is 23.7 Å². The van der Waals surface area contributed by atoms with Gasteiger partial charge < -0.3 is 14.2 Å². The molecule has 2 aromatic carbocycles. The number of alkyl halides is 1. The number of aromatic hydroxyl groups is 1. The van der Waals surface area contributed by atoms with Crippen LogP contribution in [0.4, 0.5) is 14.5 Å². The third-order valence-electron chi connectivity index (χ3n) is 6.29. The van der Waals surface area contributed by atoms with Crippen molar-refractivity contribution in [3.8, 4) is 17.0 Å². The molecule has 0 aliphatic heterocycles. The molecule has 0 radical (unpaired) electrons. The van der Waals surface area contributed by atoms with E-state index in [9.17, 15) is 22.3 Å². The lowest BCUT2D eigenvalue weighted by atomic mass is 10.0. The maximum atomic E-state index is 14.4. The van der Waals surface area contributed by atoms with Gasteiger partial charge in [-0.2, -0.15) is 0 Å². The number of sulfonamides is 1. The number of aryl methyl sites for hydroxylation is 1. The third-order valence-corrected chi connectivity index (χ3v) is 7.75. The number of fused-ring (bicyclic) bond motifs is 2. The fourth-order valence-electron chi connectivity index (χ4n) is 4.48. The highest BCUT2D eigenvalue weighted by Gasteiger charge is 2.19.